The summed E-state index contributed by atoms with van der Waals surface area (Å²) in [6.07, 6.45) is 5.80. The number of nitrogens with one attached hydrogen (secondary N) is 1. The Morgan fingerprint density at radius 3 is 2.30 bits per heavy atom. The van der Waals surface area contributed by atoms with Crippen LogP contribution < -0.4 is 5.32 Å². The molecule has 3 heteroatoms. The quantitative estimate of drug-likeness (QED) is 0.659. The van der Waals surface area contributed by atoms with Gasteiger partial charge in [0.2, 0.25) is 0 Å². The number of benzene rings is 1. The third-order valence-corrected chi connectivity index (χ3v) is 4.08. The van der Waals surface area contributed by atoms with Crippen LogP contribution in [0.4, 0.5) is 4.39 Å². The zero-order chi connectivity index (χ0) is 15.0. The third kappa shape index (κ3) is 5.41. The van der Waals surface area contributed by atoms with E-state index in [2.05, 4.69) is 26.1 Å². The van der Waals surface area contributed by atoms with Gasteiger partial charge in [0.1, 0.15) is 5.82 Å². The molecule has 1 unspecified atom stereocenters. The van der Waals surface area contributed by atoms with E-state index in [1.165, 1.54) is 31.7 Å². The summed E-state index contributed by atoms with van der Waals surface area (Å²) in [4.78, 5) is 0. The minimum atomic E-state index is -0.339. The molecule has 1 aromatic rings. The molecule has 0 fully saturated rings. The predicted octanol–water partition coefficient (Wildman–Crippen LogP) is 5.22. The van der Waals surface area contributed by atoms with Crippen LogP contribution in [0.15, 0.2) is 18.2 Å². The summed E-state index contributed by atoms with van der Waals surface area (Å²) in [6.45, 7) is 7.57. The summed E-state index contributed by atoms with van der Waals surface area (Å²) >= 11 is 5.88. The van der Waals surface area contributed by atoms with Crippen molar-refractivity contribution in [2.45, 2.75) is 58.9 Å². The van der Waals surface area contributed by atoms with Gasteiger partial charge in [-0.05, 0) is 49.4 Å². The largest absolute Gasteiger partial charge is 0.314 e. The molecule has 1 rings (SSSR count). The molecule has 0 saturated carbocycles. The third-order valence-electron chi connectivity index (χ3n) is 3.79. The SMILES string of the molecule is CCCC(CCC)C(Cc1ccc(F)c(Cl)c1)NCC. The van der Waals surface area contributed by atoms with Gasteiger partial charge >= 0.3 is 0 Å². The molecule has 0 spiro atoms. The molecule has 0 bridgehead atoms. The standard InChI is InChI=1S/C17H27ClFN/c1-4-7-14(8-5-2)17(20-6-3)12-13-9-10-16(19)15(18)11-13/h9-11,14,17,20H,4-8,12H2,1-3H3. The first-order valence-corrected chi connectivity index (χ1v) is 8.17. The average Bonchev–Trinajstić information content (AvgIpc) is 2.42. The first-order chi connectivity index (χ1) is 9.62. The van der Waals surface area contributed by atoms with Gasteiger partial charge in [-0.2, -0.15) is 0 Å². The number of halogens is 2. The zero-order valence-corrected chi connectivity index (χ0v) is 13.6. The molecule has 1 N–H and O–H groups in total. The Bertz CT molecular complexity index is 389. The Morgan fingerprint density at radius 2 is 1.80 bits per heavy atom. The molecule has 0 aliphatic rings. The summed E-state index contributed by atoms with van der Waals surface area (Å²) in [6, 6.07) is 5.52. The Hall–Kier alpha value is -0.600. The molecule has 1 aromatic carbocycles. The van der Waals surface area contributed by atoms with E-state index in [1.54, 1.807) is 6.07 Å². The number of likely N-dealkylation sites (N-methyl/N-ethyl adjacent to an activating group) is 1. The molecule has 1 nitrogen and oxygen atoms in total. The highest BCUT2D eigenvalue weighted by molar-refractivity contribution is 6.30. The molecule has 1 atom stereocenters. The molecule has 0 aliphatic carbocycles. The smallest absolute Gasteiger partial charge is 0.141 e. The summed E-state index contributed by atoms with van der Waals surface area (Å²) < 4.78 is 13.2. The van der Waals surface area contributed by atoms with E-state index in [0.717, 1.165) is 18.5 Å². The zero-order valence-electron chi connectivity index (χ0n) is 12.9. The van der Waals surface area contributed by atoms with Crippen molar-refractivity contribution in [2.75, 3.05) is 6.54 Å². The highest BCUT2D eigenvalue weighted by atomic mass is 35.5. The first-order valence-electron chi connectivity index (χ1n) is 7.79. The monoisotopic (exact) mass is 299 g/mol. The fraction of sp³-hybridized carbons (Fsp3) is 0.647. The average molecular weight is 300 g/mol. The van der Waals surface area contributed by atoms with Crippen LogP contribution in [-0.2, 0) is 6.42 Å². The van der Waals surface area contributed by atoms with Crippen LogP contribution in [0.3, 0.4) is 0 Å². The number of hydrogen-bond donors (Lipinski definition) is 1. The lowest BCUT2D eigenvalue weighted by Crippen LogP contribution is -2.38. The van der Waals surface area contributed by atoms with Crippen molar-refractivity contribution in [2.24, 2.45) is 5.92 Å². The van der Waals surface area contributed by atoms with Crippen molar-refractivity contribution in [3.05, 3.63) is 34.6 Å². The molecule has 0 saturated heterocycles. The molecule has 0 aromatic heterocycles. The van der Waals surface area contributed by atoms with Crippen molar-refractivity contribution in [3.63, 3.8) is 0 Å². The highest BCUT2D eigenvalue weighted by Crippen LogP contribution is 2.23. The second-order valence-electron chi connectivity index (χ2n) is 5.45. The van der Waals surface area contributed by atoms with E-state index >= 15 is 0 Å². The van der Waals surface area contributed by atoms with Crippen molar-refractivity contribution < 1.29 is 4.39 Å². The van der Waals surface area contributed by atoms with Gasteiger partial charge in [-0.3, -0.25) is 0 Å². The van der Waals surface area contributed by atoms with Crippen molar-refractivity contribution in [1.82, 2.24) is 5.32 Å². The first kappa shape index (κ1) is 17.5. The maximum atomic E-state index is 13.2. The van der Waals surface area contributed by atoms with Crippen molar-refractivity contribution >= 4 is 11.6 Å². The summed E-state index contributed by atoms with van der Waals surface area (Å²) in [7, 11) is 0. The minimum Gasteiger partial charge on any atom is -0.314 e. The van der Waals surface area contributed by atoms with E-state index in [9.17, 15) is 4.39 Å². The van der Waals surface area contributed by atoms with Gasteiger partial charge in [-0.15, -0.1) is 0 Å². The van der Waals surface area contributed by atoms with Gasteiger partial charge < -0.3 is 5.32 Å². The van der Waals surface area contributed by atoms with E-state index < -0.39 is 0 Å². The fourth-order valence-corrected chi connectivity index (χ4v) is 3.08. The van der Waals surface area contributed by atoms with E-state index in [4.69, 9.17) is 11.6 Å². The fourth-order valence-electron chi connectivity index (χ4n) is 2.88. The van der Waals surface area contributed by atoms with Crippen LogP contribution in [0.1, 0.15) is 52.0 Å². The van der Waals surface area contributed by atoms with Gasteiger partial charge in [-0.25, -0.2) is 4.39 Å². The van der Waals surface area contributed by atoms with Gasteiger partial charge in [0.05, 0.1) is 5.02 Å². The molecule has 0 amide bonds. The van der Waals surface area contributed by atoms with Crippen LogP contribution in [0, 0.1) is 11.7 Å². The normalized spacial score (nSPS) is 12.9. The van der Waals surface area contributed by atoms with Gasteiger partial charge in [0.15, 0.2) is 0 Å². The lowest BCUT2D eigenvalue weighted by atomic mass is 9.86. The lowest BCUT2D eigenvalue weighted by molar-refractivity contribution is 0.312. The molecular formula is C17H27ClFN. The van der Waals surface area contributed by atoms with E-state index in [1.807, 2.05) is 6.07 Å². The van der Waals surface area contributed by atoms with Gasteiger partial charge in [0.25, 0.3) is 0 Å². The second-order valence-corrected chi connectivity index (χ2v) is 5.86. The molecule has 0 heterocycles. The Morgan fingerprint density at radius 1 is 1.15 bits per heavy atom. The van der Waals surface area contributed by atoms with Crippen LogP contribution in [0.5, 0.6) is 0 Å². The maximum absolute atomic E-state index is 13.2. The van der Waals surface area contributed by atoms with E-state index in [-0.39, 0.29) is 10.8 Å². The van der Waals surface area contributed by atoms with E-state index in [0.29, 0.717) is 12.0 Å². The van der Waals surface area contributed by atoms with Crippen LogP contribution in [0.25, 0.3) is 0 Å². The molecule has 20 heavy (non-hydrogen) atoms. The highest BCUT2D eigenvalue weighted by Gasteiger charge is 2.20. The maximum Gasteiger partial charge on any atom is 0.141 e. The van der Waals surface area contributed by atoms with Crippen LogP contribution >= 0.6 is 11.6 Å². The summed E-state index contributed by atoms with van der Waals surface area (Å²) in [5, 5.41) is 3.82. The van der Waals surface area contributed by atoms with Gasteiger partial charge in [-0.1, -0.05) is 51.3 Å². The van der Waals surface area contributed by atoms with Crippen molar-refractivity contribution in [1.29, 1.82) is 0 Å². The second kappa shape index (κ2) is 9.36. The van der Waals surface area contributed by atoms with Crippen LogP contribution in [-0.4, -0.2) is 12.6 Å². The molecule has 0 radical (unpaired) electrons. The summed E-state index contributed by atoms with van der Waals surface area (Å²) in [5.41, 5.74) is 1.11. The predicted molar refractivity (Wildman–Crippen MR) is 85.9 cm³/mol. The Balaban J connectivity index is 2.80. The number of hydrogen-bond acceptors (Lipinski definition) is 1. The lowest BCUT2D eigenvalue weighted by Gasteiger charge is -2.28. The molecule has 114 valence electrons. The topological polar surface area (TPSA) is 12.0 Å². The molecule has 0 aliphatic heterocycles. The number of rotatable bonds is 9. The Kier molecular flexibility index (Phi) is 8.16. The Labute approximate surface area is 127 Å². The van der Waals surface area contributed by atoms with Crippen molar-refractivity contribution in [3.8, 4) is 0 Å². The van der Waals surface area contributed by atoms with Gasteiger partial charge in [0, 0.05) is 6.04 Å². The van der Waals surface area contributed by atoms with Crippen LogP contribution in [0.2, 0.25) is 5.02 Å². The molecular weight excluding hydrogens is 273 g/mol. The minimum absolute atomic E-state index is 0.222. The summed E-state index contributed by atoms with van der Waals surface area (Å²) in [5.74, 6) is 0.336.